The van der Waals surface area contributed by atoms with Gasteiger partial charge in [0, 0.05) is 85.6 Å². The molecule has 0 unspecified atom stereocenters. The van der Waals surface area contributed by atoms with Crippen molar-refractivity contribution in [2.24, 2.45) is 0 Å². The van der Waals surface area contributed by atoms with Crippen LogP contribution in [0.15, 0.2) is 256 Å². The Morgan fingerprint density at radius 2 is 0.591 bits per heavy atom. The van der Waals surface area contributed by atoms with Crippen molar-refractivity contribution < 1.29 is 99.0 Å². The predicted octanol–water partition coefficient (Wildman–Crippen LogP) is 22.2. The summed E-state index contributed by atoms with van der Waals surface area (Å²) in [5.41, 5.74) is 19.4. The number of esters is 9. The lowest BCUT2D eigenvalue weighted by Gasteiger charge is -2.16. The Morgan fingerprint density at radius 1 is 0.283 bits per heavy atom. The molecule has 0 saturated heterocycles. The van der Waals surface area contributed by atoms with Crippen molar-refractivity contribution in [1.82, 2.24) is 0 Å². The van der Waals surface area contributed by atoms with Gasteiger partial charge in [-0.25, -0.2) is 56.3 Å². The molecule has 3 aliphatic carbocycles. The molecule has 0 fully saturated rings. The third-order valence-electron chi connectivity index (χ3n) is 21.2. The van der Waals surface area contributed by atoms with E-state index in [1.165, 1.54) is 117 Å². The number of fused-ring (bicyclic) bond motifs is 3. The van der Waals surface area contributed by atoms with Gasteiger partial charge in [0.2, 0.25) is 0 Å². The minimum absolute atomic E-state index is 0.00671. The van der Waals surface area contributed by atoms with Crippen LogP contribution >= 0.6 is 0 Å². The standard InChI is InChI=1S/C36H35FO6.2C35H33FO6/c1-21(2)34(38)41-16-8-9-24-12-14-31(30-11-7-10-29(24)30)32-15-13-25(19-33(32)37)26-17-27(42-35(39)22(3)4)20-28(18-26)43-36(40)23(5)6;1-6-33(37)40-18-8-9-23-12-15-29(28-11-7-10-26(23)28)30-16-13-24(19-31(30)36)27-17-14-25(41-34(38)21(2)3)20-32(27)42-35(39)22(4)5;1-6-33(37)40-18-8-9-23-12-15-28(27-11-7-10-26(23)27)29-16-13-24(19-30(29)36)25-14-17-31(41-34(38)21(2)3)32(20-25)42-35(39)22(4)5/h12-15,17-20H,1,3,5,7-11,16H2,2,4,6H3;2*6,12-17,19-20H,1-2,4,7-11,18H2,3,5H3. The summed E-state index contributed by atoms with van der Waals surface area (Å²) in [6.07, 6.45) is 15.0. The van der Waals surface area contributed by atoms with Gasteiger partial charge in [0.25, 0.3) is 0 Å². The molecule has 21 heteroatoms. The molecule has 18 nitrogen and oxygen atoms in total. The first-order valence-electron chi connectivity index (χ1n) is 41.5. The van der Waals surface area contributed by atoms with Gasteiger partial charge in [0.05, 0.1) is 19.8 Å². The van der Waals surface area contributed by atoms with Crippen molar-refractivity contribution in [1.29, 1.82) is 0 Å². The summed E-state index contributed by atoms with van der Waals surface area (Å²) in [7, 11) is 0. The van der Waals surface area contributed by atoms with E-state index in [1.807, 2.05) is 36.4 Å². The van der Waals surface area contributed by atoms with Crippen LogP contribution < -0.4 is 28.4 Å². The van der Waals surface area contributed by atoms with Crippen molar-refractivity contribution in [3.05, 3.63) is 323 Å². The predicted molar refractivity (Wildman–Crippen MR) is 484 cm³/mol. The second kappa shape index (κ2) is 43.8. The summed E-state index contributed by atoms with van der Waals surface area (Å²) in [5, 5.41) is 0. The number of rotatable bonds is 33. The molecule has 0 N–H and O–H groups in total. The SMILES string of the molecule is C=C(C)C(=O)OCCCc1ccc(-c2ccc(-c3cc(OC(=O)C(=C)C)cc(OC(=O)C(=C)C)c3)cc2F)c2c1CCC2.C=CC(=O)OCCCc1ccc(-c2ccc(-c3ccc(OC(=O)C(=C)C)c(OC(=O)C(=C)C)c3)cc2F)c2c1CCC2.C=CC(=O)OCCCc1ccc(-c2ccc(-c3ccc(OC(=O)C(=C)C)cc3OC(=O)C(=C)C)cc2F)c2c1CCC2. The van der Waals surface area contributed by atoms with Crippen LogP contribution in [-0.2, 0) is 115 Å². The number of hydrogen-bond donors (Lipinski definition) is 0. The molecule has 0 heterocycles. The van der Waals surface area contributed by atoms with Gasteiger partial charge in [-0.1, -0.05) is 138 Å². The molecule has 9 aromatic carbocycles. The van der Waals surface area contributed by atoms with Crippen LogP contribution in [-0.4, -0.2) is 73.5 Å². The zero-order valence-corrected chi connectivity index (χ0v) is 72.6. The van der Waals surface area contributed by atoms with E-state index in [-0.39, 0.29) is 79.7 Å². The lowest BCUT2D eigenvalue weighted by atomic mass is 9.91. The van der Waals surface area contributed by atoms with Gasteiger partial charge in [-0.3, -0.25) is 0 Å². The van der Waals surface area contributed by atoms with E-state index in [0.29, 0.717) is 94.7 Å². The van der Waals surface area contributed by atoms with Crippen molar-refractivity contribution >= 4 is 53.7 Å². The highest BCUT2D eigenvalue weighted by molar-refractivity contribution is 5.95. The van der Waals surface area contributed by atoms with Crippen molar-refractivity contribution in [2.75, 3.05) is 19.8 Å². The van der Waals surface area contributed by atoms with E-state index >= 15 is 13.2 Å². The number of hydrogen-bond acceptors (Lipinski definition) is 18. The van der Waals surface area contributed by atoms with Crippen LogP contribution in [0, 0.1) is 17.5 Å². The van der Waals surface area contributed by atoms with Gasteiger partial charge in [0.15, 0.2) is 11.5 Å². The number of halogens is 3. The fourth-order valence-corrected chi connectivity index (χ4v) is 14.8. The number of carbonyl (C=O) groups is 9. The van der Waals surface area contributed by atoms with Crippen molar-refractivity contribution in [3.8, 4) is 101 Å². The highest BCUT2D eigenvalue weighted by atomic mass is 19.1. The summed E-state index contributed by atoms with van der Waals surface area (Å²) in [4.78, 5) is 107. The first-order valence-corrected chi connectivity index (χ1v) is 41.5. The van der Waals surface area contributed by atoms with Crippen LogP contribution in [0.4, 0.5) is 13.2 Å². The second-order valence-corrected chi connectivity index (χ2v) is 31.3. The summed E-state index contributed by atoms with van der Waals surface area (Å²) >= 11 is 0. The fourth-order valence-electron chi connectivity index (χ4n) is 14.8. The Kier molecular flexibility index (Phi) is 32.7. The molecule has 0 aromatic heterocycles. The molecule has 127 heavy (non-hydrogen) atoms. The van der Waals surface area contributed by atoms with Gasteiger partial charge in [-0.2, -0.15) is 0 Å². The van der Waals surface area contributed by atoms with Crippen LogP contribution in [0.1, 0.15) is 137 Å². The zero-order chi connectivity index (χ0) is 92.0. The maximum Gasteiger partial charge on any atom is 0.338 e. The van der Waals surface area contributed by atoms with E-state index in [9.17, 15) is 43.2 Å². The van der Waals surface area contributed by atoms with Gasteiger partial charge < -0.3 is 42.6 Å². The third-order valence-corrected chi connectivity index (χ3v) is 21.2. The van der Waals surface area contributed by atoms with Crippen LogP contribution in [0.25, 0.3) is 66.8 Å². The largest absolute Gasteiger partial charge is 0.463 e. The molecule has 0 bridgehead atoms. The average Bonchev–Trinajstić information content (AvgIpc) is 1.73. The molecular formula is C106H101F3O18. The molecule has 9 aromatic rings. The number of aryl methyl sites for hydroxylation is 3. The summed E-state index contributed by atoms with van der Waals surface area (Å²) in [6, 6.07) is 40.6. The first kappa shape index (κ1) is 94.9. The summed E-state index contributed by atoms with van der Waals surface area (Å²) in [5.74, 6) is -5.81. The van der Waals surface area contributed by atoms with Gasteiger partial charge in [0.1, 0.15) is 40.4 Å². The number of carbonyl (C=O) groups excluding carboxylic acids is 9. The molecule has 0 amide bonds. The van der Waals surface area contributed by atoms with Crippen LogP contribution in [0.3, 0.4) is 0 Å². The second-order valence-electron chi connectivity index (χ2n) is 31.3. The molecule has 654 valence electrons. The third kappa shape index (κ3) is 24.8. The Hall–Kier alpha value is -14.3. The van der Waals surface area contributed by atoms with Crippen molar-refractivity contribution in [3.63, 3.8) is 0 Å². The Morgan fingerprint density at radius 3 is 0.976 bits per heavy atom. The zero-order valence-electron chi connectivity index (χ0n) is 72.6. The molecule has 3 aliphatic rings. The van der Waals surface area contributed by atoms with Crippen LogP contribution in [0.5, 0.6) is 34.5 Å². The monoisotopic (exact) mass is 1720 g/mol. The average molecular weight is 1720 g/mol. The summed E-state index contributed by atoms with van der Waals surface area (Å²) in [6.45, 7) is 43.6. The van der Waals surface area contributed by atoms with Gasteiger partial charge in [-0.05, 0) is 294 Å². The molecule has 0 atom stereocenters. The topological polar surface area (TPSA) is 237 Å². The molecule has 0 radical (unpaired) electrons. The molecule has 12 rings (SSSR count). The summed E-state index contributed by atoms with van der Waals surface area (Å²) < 4.78 is 95.0. The lowest BCUT2D eigenvalue weighted by molar-refractivity contribution is -0.139. The fraction of sp³-hybridized carbons (Fsp3) is 0.236. The molecule has 0 spiro atoms. The minimum Gasteiger partial charge on any atom is -0.463 e. The lowest BCUT2D eigenvalue weighted by Crippen LogP contribution is -2.12. The maximum absolute atomic E-state index is 15.8. The number of ether oxygens (including phenoxy) is 9. The highest BCUT2D eigenvalue weighted by Crippen LogP contribution is 2.44. The normalized spacial score (nSPS) is 11.8. The first-order chi connectivity index (χ1) is 60.6. The van der Waals surface area contributed by atoms with Gasteiger partial charge >= 0.3 is 53.7 Å². The van der Waals surface area contributed by atoms with Crippen LogP contribution in [0.2, 0.25) is 0 Å². The quantitative estimate of drug-likeness (QED) is 0.0122. The highest BCUT2D eigenvalue weighted by Gasteiger charge is 2.28. The maximum atomic E-state index is 15.8. The Bertz CT molecular complexity index is 5940. The van der Waals surface area contributed by atoms with Crippen molar-refractivity contribution in [2.45, 2.75) is 145 Å². The number of benzene rings is 9. The molecular weight excluding hydrogens is 1620 g/mol. The van der Waals surface area contributed by atoms with E-state index in [2.05, 4.69) is 59.2 Å². The Balaban J connectivity index is 0.000000199. The molecule has 0 aliphatic heterocycles. The van der Waals surface area contributed by atoms with E-state index in [0.717, 1.165) is 123 Å². The van der Waals surface area contributed by atoms with E-state index in [4.69, 9.17) is 42.6 Å². The van der Waals surface area contributed by atoms with E-state index in [1.54, 1.807) is 73.7 Å². The van der Waals surface area contributed by atoms with Gasteiger partial charge in [-0.15, -0.1) is 0 Å². The minimum atomic E-state index is -0.684. The van der Waals surface area contributed by atoms with E-state index < -0.39 is 59.4 Å². The molecule has 0 saturated carbocycles. The Labute approximate surface area is 738 Å². The smallest absolute Gasteiger partial charge is 0.338 e.